The second-order valence-electron chi connectivity index (χ2n) is 5.29. The maximum absolute atomic E-state index is 10.3. The second kappa shape index (κ2) is 6.99. The summed E-state index contributed by atoms with van der Waals surface area (Å²) in [4.78, 5) is 6.46. The van der Waals surface area contributed by atoms with Crippen molar-refractivity contribution in [2.24, 2.45) is 20.9 Å². The first-order chi connectivity index (χ1) is 11.5. The molecule has 1 aliphatic rings. The molecule has 2 rings (SSSR count). The van der Waals surface area contributed by atoms with Gasteiger partial charge in [0.05, 0.1) is 18.8 Å². The van der Waals surface area contributed by atoms with Gasteiger partial charge in [0, 0.05) is 18.7 Å². The number of hydrogen-bond acceptors (Lipinski definition) is 7. The van der Waals surface area contributed by atoms with Crippen LogP contribution in [0.25, 0.3) is 10.4 Å². The number of nitrogens with zero attached hydrogens (tertiary/aromatic N) is 6. The fourth-order valence-electron chi connectivity index (χ4n) is 2.69. The molecule has 4 atom stereocenters. The highest BCUT2D eigenvalue weighted by Crippen LogP contribution is 2.40. The molecule has 0 spiro atoms. The highest BCUT2D eigenvalue weighted by atomic mass is 16.6. The van der Waals surface area contributed by atoms with Crippen molar-refractivity contribution in [1.29, 1.82) is 0 Å². The van der Waals surface area contributed by atoms with E-state index in [4.69, 9.17) is 16.0 Å². The summed E-state index contributed by atoms with van der Waals surface area (Å²) in [6, 6.07) is 3.20. The molecule has 130 valence electrons. The first-order valence-electron chi connectivity index (χ1n) is 7.02. The Bertz CT molecular complexity index is 696. The van der Waals surface area contributed by atoms with Crippen molar-refractivity contribution in [2.75, 3.05) is 20.2 Å². The maximum Gasteiger partial charge on any atom is 0.144 e. The Hall–Kier alpha value is -2.43. The van der Waals surface area contributed by atoms with E-state index >= 15 is 0 Å². The van der Waals surface area contributed by atoms with Crippen molar-refractivity contribution in [3.8, 4) is 0 Å². The number of rotatable bonds is 6. The van der Waals surface area contributed by atoms with Crippen LogP contribution in [0.3, 0.4) is 0 Å². The molecule has 0 aliphatic carbocycles. The van der Waals surface area contributed by atoms with Crippen LogP contribution in [0.4, 0.5) is 0 Å². The van der Waals surface area contributed by atoms with Gasteiger partial charge in [-0.3, -0.25) is 4.99 Å². The Labute approximate surface area is 137 Å². The molecular formula is C13H19N7O4. The van der Waals surface area contributed by atoms with Crippen LogP contribution in [0.1, 0.15) is 17.5 Å². The summed E-state index contributed by atoms with van der Waals surface area (Å²) in [5.74, 6) is 0.198. The number of aliphatic hydroxyl groups excluding tert-OH is 3. The van der Waals surface area contributed by atoms with Crippen molar-refractivity contribution in [2.45, 2.75) is 23.9 Å². The molecule has 0 bridgehead atoms. The molecular weight excluding hydrogens is 318 g/mol. The molecule has 11 nitrogen and oxygen atoms in total. The van der Waals surface area contributed by atoms with Gasteiger partial charge in [-0.1, -0.05) is 5.11 Å². The molecule has 5 N–H and O–H groups in total. The predicted molar refractivity (Wildman–Crippen MR) is 85.7 cm³/mol. The van der Waals surface area contributed by atoms with E-state index < -0.39 is 30.5 Å². The van der Waals surface area contributed by atoms with E-state index in [2.05, 4.69) is 26.8 Å². The SMILES string of the molecule is C=Nn1c(C(N)=NC)ccc1[C@@H]1O[C@@](CO)(CN=[N+]=[N-])[C@@H](O)[C@H]1O. The van der Waals surface area contributed by atoms with Crippen molar-refractivity contribution < 1.29 is 20.1 Å². The zero-order chi connectivity index (χ0) is 17.9. The third-order valence-corrected chi connectivity index (χ3v) is 4.02. The number of amidine groups is 1. The van der Waals surface area contributed by atoms with E-state index in [0.717, 1.165) is 0 Å². The second-order valence-corrected chi connectivity index (χ2v) is 5.29. The minimum Gasteiger partial charge on any atom is -0.393 e. The number of aliphatic imine (C=N–C) groups is 1. The predicted octanol–water partition coefficient (Wildman–Crippen LogP) is -0.879. The standard InChI is InChI=1S/C13H19N7O4/c1-16-12(14)8-4-3-7(20(8)17-2)10-9(22)11(23)13(6-21,24-10)5-18-19-15/h3-4,9-11,21-23H,2,5-6H2,1H3,(H2,14,16)/t9-,10-,11-,13+/m0/s1. The number of ether oxygens (including phenoxy) is 1. The summed E-state index contributed by atoms with van der Waals surface area (Å²) in [6.45, 7) is 2.46. The Balaban J connectivity index is 2.45. The lowest BCUT2D eigenvalue weighted by Crippen LogP contribution is -2.48. The van der Waals surface area contributed by atoms with Crippen molar-refractivity contribution in [3.63, 3.8) is 0 Å². The molecule has 1 aliphatic heterocycles. The van der Waals surface area contributed by atoms with Crippen LogP contribution in [-0.4, -0.2) is 70.6 Å². The topological polar surface area (TPSA) is 174 Å². The number of aliphatic hydroxyl groups is 3. The minimum absolute atomic E-state index is 0.198. The monoisotopic (exact) mass is 337 g/mol. The van der Waals surface area contributed by atoms with Crippen LogP contribution < -0.4 is 5.73 Å². The molecule has 0 radical (unpaired) electrons. The van der Waals surface area contributed by atoms with E-state index in [9.17, 15) is 15.3 Å². The van der Waals surface area contributed by atoms with Crippen LogP contribution >= 0.6 is 0 Å². The lowest BCUT2D eigenvalue weighted by molar-refractivity contribution is -0.106. The van der Waals surface area contributed by atoms with E-state index in [0.29, 0.717) is 11.4 Å². The van der Waals surface area contributed by atoms with Gasteiger partial charge in [-0.15, -0.1) is 0 Å². The number of azide groups is 1. The normalized spacial score (nSPS) is 30.2. The Kier molecular flexibility index (Phi) is 5.22. The molecule has 24 heavy (non-hydrogen) atoms. The van der Waals surface area contributed by atoms with Gasteiger partial charge in [0.15, 0.2) is 0 Å². The first-order valence-corrected chi connectivity index (χ1v) is 7.02. The molecule has 1 saturated heterocycles. The van der Waals surface area contributed by atoms with Crippen molar-refractivity contribution in [3.05, 3.63) is 34.0 Å². The molecule has 2 heterocycles. The third-order valence-electron chi connectivity index (χ3n) is 4.02. The summed E-state index contributed by atoms with van der Waals surface area (Å²) in [5.41, 5.74) is 13.4. The average Bonchev–Trinajstić information content (AvgIpc) is 3.13. The Morgan fingerprint density at radius 1 is 1.54 bits per heavy atom. The van der Waals surface area contributed by atoms with E-state index in [1.165, 1.54) is 11.7 Å². The fourth-order valence-corrected chi connectivity index (χ4v) is 2.69. The third kappa shape index (κ3) is 2.75. The van der Waals surface area contributed by atoms with Gasteiger partial charge in [0.25, 0.3) is 0 Å². The number of hydrogen-bond donors (Lipinski definition) is 4. The van der Waals surface area contributed by atoms with Crippen LogP contribution in [0.2, 0.25) is 0 Å². The van der Waals surface area contributed by atoms with Crippen LogP contribution in [0.5, 0.6) is 0 Å². The van der Waals surface area contributed by atoms with Gasteiger partial charge in [0.1, 0.15) is 35.4 Å². The van der Waals surface area contributed by atoms with E-state index in [1.807, 2.05) is 0 Å². The lowest BCUT2D eigenvalue weighted by Gasteiger charge is -2.28. The van der Waals surface area contributed by atoms with Crippen molar-refractivity contribution >= 4 is 12.6 Å². The Morgan fingerprint density at radius 2 is 2.25 bits per heavy atom. The summed E-state index contributed by atoms with van der Waals surface area (Å²) in [7, 11) is 1.51. The zero-order valence-electron chi connectivity index (χ0n) is 13.0. The van der Waals surface area contributed by atoms with Gasteiger partial charge in [-0.25, -0.2) is 4.68 Å². The van der Waals surface area contributed by atoms with Gasteiger partial charge < -0.3 is 25.8 Å². The van der Waals surface area contributed by atoms with Crippen LogP contribution in [0, 0.1) is 0 Å². The summed E-state index contributed by atoms with van der Waals surface area (Å²) in [6.07, 6.45) is -3.88. The van der Waals surface area contributed by atoms with Gasteiger partial charge in [-0.05, 0) is 17.7 Å². The van der Waals surface area contributed by atoms with Crippen LogP contribution in [-0.2, 0) is 4.74 Å². The highest BCUT2D eigenvalue weighted by Gasteiger charge is 2.54. The van der Waals surface area contributed by atoms with Crippen LogP contribution in [0.15, 0.2) is 27.3 Å². The molecule has 1 aromatic heterocycles. The van der Waals surface area contributed by atoms with Gasteiger partial charge >= 0.3 is 0 Å². The minimum atomic E-state index is -1.61. The smallest absolute Gasteiger partial charge is 0.144 e. The molecule has 1 aromatic rings. The van der Waals surface area contributed by atoms with Gasteiger partial charge in [0.2, 0.25) is 0 Å². The molecule has 1 fully saturated rings. The van der Waals surface area contributed by atoms with E-state index in [-0.39, 0.29) is 12.4 Å². The largest absolute Gasteiger partial charge is 0.393 e. The average molecular weight is 337 g/mol. The molecule has 0 amide bonds. The van der Waals surface area contributed by atoms with Crippen molar-refractivity contribution in [1.82, 2.24) is 4.68 Å². The molecule has 0 unspecified atom stereocenters. The number of nitrogens with two attached hydrogens (primary N) is 1. The molecule has 11 heteroatoms. The Morgan fingerprint density at radius 3 is 2.79 bits per heavy atom. The summed E-state index contributed by atoms with van der Waals surface area (Å²) >= 11 is 0. The summed E-state index contributed by atoms with van der Waals surface area (Å²) in [5, 5.41) is 37.4. The quantitative estimate of drug-likeness (QED) is 0.173. The first kappa shape index (κ1) is 17.9. The van der Waals surface area contributed by atoms with Gasteiger partial charge in [-0.2, -0.15) is 5.10 Å². The van der Waals surface area contributed by atoms with E-state index in [1.54, 1.807) is 12.1 Å². The molecule has 0 saturated carbocycles. The maximum atomic E-state index is 10.3. The zero-order valence-corrected chi connectivity index (χ0v) is 13.0. The number of aromatic nitrogens is 1. The molecule has 0 aromatic carbocycles. The highest BCUT2D eigenvalue weighted by molar-refractivity contribution is 5.96. The summed E-state index contributed by atoms with van der Waals surface area (Å²) < 4.78 is 7.00. The lowest BCUT2D eigenvalue weighted by atomic mass is 9.95. The fraction of sp³-hybridized carbons (Fsp3) is 0.538.